The summed E-state index contributed by atoms with van der Waals surface area (Å²) in [6.45, 7) is 4.50. The molecule has 0 amide bonds. The van der Waals surface area contributed by atoms with Crippen LogP contribution in [0.3, 0.4) is 0 Å². The maximum atomic E-state index is 5.49. The highest BCUT2D eigenvalue weighted by molar-refractivity contribution is 4.77. The lowest BCUT2D eigenvalue weighted by atomic mass is 9.86. The van der Waals surface area contributed by atoms with Gasteiger partial charge in [-0.15, -0.1) is 0 Å². The minimum Gasteiger partial charge on any atom is -0.381 e. The number of hydrogen-bond acceptors (Lipinski definition) is 2. The molecule has 1 N–H and O–H groups in total. The summed E-state index contributed by atoms with van der Waals surface area (Å²) in [6.07, 6.45) is 7.08. The zero-order valence-corrected chi connectivity index (χ0v) is 9.01. The highest BCUT2D eigenvalue weighted by atomic mass is 16.5. The first-order valence-electron chi connectivity index (χ1n) is 5.62. The largest absolute Gasteiger partial charge is 0.381 e. The van der Waals surface area contributed by atoms with Gasteiger partial charge in [-0.25, -0.2) is 0 Å². The normalized spacial score (nSPS) is 29.1. The van der Waals surface area contributed by atoms with Crippen LogP contribution in [0.15, 0.2) is 0 Å². The second-order valence-corrected chi connectivity index (χ2v) is 4.02. The number of ether oxygens (including phenoxy) is 1. The number of hydrogen-bond donors (Lipinski definition) is 1. The Labute approximate surface area is 82.0 Å². The molecule has 1 aliphatic carbocycles. The van der Waals surface area contributed by atoms with Gasteiger partial charge in [-0.05, 0) is 31.7 Å². The van der Waals surface area contributed by atoms with Crippen molar-refractivity contribution in [1.29, 1.82) is 0 Å². The van der Waals surface area contributed by atoms with Crippen molar-refractivity contribution in [1.82, 2.24) is 5.32 Å². The minimum atomic E-state index is 0.512. The van der Waals surface area contributed by atoms with Crippen LogP contribution < -0.4 is 5.32 Å². The van der Waals surface area contributed by atoms with Gasteiger partial charge < -0.3 is 10.1 Å². The first kappa shape index (κ1) is 11.0. The summed E-state index contributed by atoms with van der Waals surface area (Å²) in [6, 6.07) is 0. The Morgan fingerprint density at radius 1 is 1.31 bits per heavy atom. The number of nitrogens with one attached hydrogen (secondary N) is 1. The van der Waals surface area contributed by atoms with Crippen LogP contribution in [0.2, 0.25) is 0 Å². The molecule has 0 heterocycles. The van der Waals surface area contributed by atoms with Crippen LogP contribution in [0.4, 0.5) is 0 Å². The van der Waals surface area contributed by atoms with Crippen LogP contribution in [-0.2, 0) is 4.74 Å². The van der Waals surface area contributed by atoms with E-state index in [2.05, 4.69) is 12.2 Å². The van der Waals surface area contributed by atoms with E-state index in [9.17, 15) is 0 Å². The van der Waals surface area contributed by atoms with Crippen molar-refractivity contribution in [2.45, 2.75) is 45.1 Å². The van der Waals surface area contributed by atoms with Gasteiger partial charge in [-0.1, -0.05) is 19.8 Å². The molecule has 78 valence electrons. The van der Waals surface area contributed by atoms with Crippen LogP contribution in [0, 0.1) is 5.92 Å². The van der Waals surface area contributed by atoms with Crippen molar-refractivity contribution in [2.75, 3.05) is 20.2 Å². The number of rotatable bonds is 5. The SMILES string of the molecule is CCCNCC1CCCCC1OC. The first-order valence-corrected chi connectivity index (χ1v) is 5.62. The molecule has 0 aromatic rings. The van der Waals surface area contributed by atoms with Crippen molar-refractivity contribution in [3.8, 4) is 0 Å². The minimum absolute atomic E-state index is 0.512. The van der Waals surface area contributed by atoms with Gasteiger partial charge >= 0.3 is 0 Å². The predicted octanol–water partition coefficient (Wildman–Crippen LogP) is 2.19. The summed E-state index contributed by atoms with van der Waals surface area (Å²) in [5.74, 6) is 0.755. The molecule has 1 fully saturated rings. The molecular weight excluding hydrogens is 162 g/mol. The molecule has 0 aliphatic heterocycles. The van der Waals surface area contributed by atoms with E-state index >= 15 is 0 Å². The zero-order chi connectivity index (χ0) is 9.52. The fourth-order valence-electron chi connectivity index (χ4n) is 2.18. The van der Waals surface area contributed by atoms with Gasteiger partial charge in [-0.3, -0.25) is 0 Å². The Balaban J connectivity index is 2.19. The van der Waals surface area contributed by atoms with E-state index in [1.54, 1.807) is 0 Å². The third-order valence-corrected chi connectivity index (χ3v) is 2.98. The standard InChI is InChI=1S/C11H23NO/c1-3-8-12-9-10-6-4-5-7-11(10)13-2/h10-12H,3-9H2,1-2H3. The number of methoxy groups -OCH3 is 1. The molecule has 2 atom stereocenters. The summed E-state index contributed by atoms with van der Waals surface area (Å²) >= 11 is 0. The maximum absolute atomic E-state index is 5.49. The lowest BCUT2D eigenvalue weighted by molar-refractivity contribution is 0.0240. The second kappa shape index (κ2) is 6.39. The Kier molecular flexibility index (Phi) is 5.40. The summed E-state index contributed by atoms with van der Waals surface area (Å²) in [4.78, 5) is 0. The lowest BCUT2D eigenvalue weighted by Gasteiger charge is -2.30. The van der Waals surface area contributed by atoms with Gasteiger partial charge in [0.1, 0.15) is 0 Å². The Hall–Kier alpha value is -0.0800. The van der Waals surface area contributed by atoms with Crippen LogP contribution >= 0.6 is 0 Å². The van der Waals surface area contributed by atoms with E-state index in [1.807, 2.05) is 7.11 Å². The Morgan fingerprint density at radius 2 is 2.08 bits per heavy atom. The third kappa shape index (κ3) is 3.65. The van der Waals surface area contributed by atoms with E-state index in [1.165, 1.54) is 32.1 Å². The average Bonchev–Trinajstić information content (AvgIpc) is 2.19. The van der Waals surface area contributed by atoms with Gasteiger partial charge in [0.15, 0.2) is 0 Å². The molecule has 0 aromatic carbocycles. The van der Waals surface area contributed by atoms with Gasteiger partial charge in [-0.2, -0.15) is 0 Å². The highest BCUT2D eigenvalue weighted by Gasteiger charge is 2.23. The summed E-state index contributed by atoms with van der Waals surface area (Å²) < 4.78 is 5.49. The average molecular weight is 185 g/mol. The molecule has 13 heavy (non-hydrogen) atoms. The van der Waals surface area contributed by atoms with E-state index in [4.69, 9.17) is 4.74 Å². The summed E-state index contributed by atoms with van der Waals surface area (Å²) in [5, 5.41) is 3.49. The predicted molar refractivity (Wildman–Crippen MR) is 55.9 cm³/mol. The van der Waals surface area contributed by atoms with Crippen molar-refractivity contribution in [3.05, 3.63) is 0 Å². The molecule has 2 unspecified atom stereocenters. The Morgan fingerprint density at radius 3 is 2.77 bits per heavy atom. The third-order valence-electron chi connectivity index (χ3n) is 2.98. The summed E-state index contributed by atoms with van der Waals surface area (Å²) in [5.41, 5.74) is 0. The van der Waals surface area contributed by atoms with Crippen LogP contribution in [-0.4, -0.2) is 26.3 Å². The van der Waals surface area contributed by atoms with E-state index in [-0.39, 0.29) is 0 Å². The Bertz CT molecular complexity index is 127. The molecule has 0 radical (unpaired) electrons. The van der Waals surface area contributed by atoms with Gasteiger partial charge in [0.2, 0.25) is 0 Å². The fourth-order valence-corrected chi connectivity index (χ4v) is 2.18. The highest BCUT2D eigenvalue weighted by Crippen LogP contribution is 2.25. The fraction of sp³-hybridized carbons (Fsp3) is 1.00. The van der Waals surface area contributed by atoms with Gasteiger partial charge in [0.05, 0.1) is 6.10 Å². The monoisotopic (exact) mass is 185 g/mol. The molecule has 2 nitrogen and oxygen atoms in total. The van der Waals surface area contributed by atoms with Crippen molar-refractivity contribution < 1.29 is 4.74 Å². The molecule has 0 saturated heterocycles. The lowest BCUT2D eigenvalue weighted by Crippen LogP contribution is -2.35. The topological polar surface area (TPSA) is 21.3 Å². The van der Waals surface area contributed by atoms with Crippen LogP contribution in [0.25, 0.3) is 0 Å². The molecule has 1 saturated carbocycles. The maximum Gasteiger partial charge on any atom is 0.0611 e. The van der Waals surface area contributed by atoms with Crippen molar-refractivity contribution in [3.63, 3.8) is 0 Å². The second-order valence-electron chi connectivity index (χ2n) is 4.02. The quantitative estimate of drug-likeness (QED) is 0.663. The van der Waals surface area contributed by atoms with E-state index in [0.29, 0.717) is 6.10 Å². The molecule has 0 bridgehead atoms. The molecule has 1 aliphatic rings. The van der Waals surface area contributed by atoms with E-state index in [0.717, 1.165) is 19.0 Å². The molecule has 1 rings (SSSR count). The van der Waals surface area contributed by atoms with E-state index < -0.39 is 0 Å². The molecule has 2 heteroatoms. The van der Waals surface area contributed by atoms with Gasteiger partial charge in [0, 0.05) is 13.7 Å². The molecular formula is C11H23NO. The molecule has 0 aromatic heterocycles. The summed E-state index contributed by atoms with van der Waals surface area (Å²) in [7, 11) is 1.85. The van der Waals surface area contributed by atoms with Crippen molar-refractivity contribution in [2.24, 2.45) is 5.92 Å². The first-order chi connectivity index (χ1) is 6.38. The van der Waals surface area contributed by atoms with Crippen molar-refractivity contribution >= 4 is 0 Å². The molecule has 0 spiro atoms. The smallest absolute Gasteiger partial charge is 0.0611 e. The van der Waals surface area contributed by atoms with Gasteiger partial charge in [0.25, 0.3) is 0 Å². The van der Waals surface area contributed by atoms with Crippen LogP contribution in [0.5, 0.6) is 0 Å². The van der Waals surface area contributed by atoms with Crippen LogP contribution in [0.1, 0.15) is 39.0 Å². The zero-order valence-electron chi connectivity index (χ0n) is 9.01.